The van der Waals surface area contributed by atoms with Crippen molar-refractivity contribution in [2.45, 2.75) is 13.5 Å². The van der Waals surface area contributed by atoms with Crippen molar-refractivity contribution in [1.82, 2.24) is 5.32 Å². The lowest BCUT2D eigenvalue weighted by atomic mass is 9.85. The zero-order valence-electron chi connectivity index (χ0n) is 10.1. The zero-order chi connectivity index (χ0) is 13.2. The molecule has 1 fully saturated rings. The Morgan fingerprint density at radius 1 is 1.39 bits per heavy atom. The Morgan fingerprint density at radius 2 is 2.06 bits per heavy atom. The van der Waals surface area contributed by atoms with Gasteiger partial charge >= 0.3 is 5.97 Å². The Labute approximate surface area is 105 Å². The van der Waals surface area contributed by atoms with Crippen LogP contribution >= 0.6 is 0 Å². The van der Waals surface area contributed by atoms with Gasteiger partial charge in [0.05, 0.1) is 13.2 Å². The van der Waals surface area contributed by atoms with Crippen molar-refractivity contribution in [2.75, 3.05) is 13.2 Å². The molecule has 1 aliphatic heterocycles. The lowest BCUT2D eigenvalue weighted by Crippen LogP contribution is -2.58. The van der Waals surface area contributed by atoms with Crippen molar-refractivity contribution >= 4 is 11.9 Å². The molecule has 0 spiro atoms. The second-order valence-electron chi connectivity index (χ2n) is 4.49. The number of benzene rings is 1. The number of aliphatic carboxylic acids is 1. The summed E-state index contributed by atoms with van der Waals surface area (Å²) in [5, 5.41) is 11.7. The molecule has 0 aromatic heterocycles. The van der Waals surface area contributed by atoms with Gasteiger partial charge in [0.2, 0.25) is 5.91 Å². The molecule has 0 atom stereocenters. The Bertz CT molecular complexity index is 480. The lowest BCUT2D eigenvalue weighted by molar-refractivity contribution is -0.185. The number of carbonyl (C=O) groups is 2. The first kappa shape index (κ1) is 12.6. The van der Waals surface area contributed by atoms with Gasteiger partial charge in [-0.15, -0.1) is 0 Å². The highest BCUT2D eigenvalue weighted by Crippen LogP contribution is 2.28. The van der Waals surface area contributed by atoms with E-state index in [2.05, 4.69) is 5.32 Å². The zero-order valence-corrected chi connectivity index (χ0v) is 10.1. The van der Waals surface area contributed by atoms with E-state index in [9.17, 15) is 9.59 Å². The number of nitrogens with one attached hydrogen (secondary N) is 1. The Hall–Kier alpha value is -1.88. The van der Waals surface area contributed by atoms with Gasteiger partial charge in [-0.05, 0) is 18.1 Å². The summed E-state index contributed by atoms with van der Waals surface area (Å²) in [6.07, 6.45) is 0. The van der Waals surface area contributed by atoms with Crippen molar-refractivity contribution in [3.8, 4) is 0 Å². The van der Waals surface area contributed by atoms with Gasteiger partial charge in [0, 0.05) is 6.54 Å². The number of hydrogen-bond donors (Lipinski definition) is 2. The van der Waals surface area contributed by atoms with Crippen LogP contribution in [0.4, 0.5) is 0 Å². The third kappa shape index (κ3) is 2.09. The molecule has 1 aromatic rings. The van der Waals surface area contributed by atoms with Crippen LogP contribution in [0, 0.1) is 12.3 Å². The number of rotatable bonds is 4. The molecule has 2 N–H and O–H groups in total. The molecule has 0 radical (unpaired) electrons. The first-order valence-electron chi connectivity index (χ1n) is 5.70. The highest BCUT2D eigenvalue weighted by atomic mass is 16.5. The summed E-state index contributed by atoms with van der Waals surface area (Å²) >= 11 is 0. The number of carbonyl (C=O) groups excluding carboxylic acids is 1. The van der Waals surface area contributed by atoms with Crippen LogP contribution in [0.25, 0.3) is 0 Å². The predicted octanol–water partition coefficient (Wildman–Crippen LogP) is 0.712. The van der Waals surface area contributed by atoms with Gasteiger partial charge < -0.3 is 15.2 Å². The second-order valence-corrected chi connectivity index (χ2v) is 4.49. The second kappa shape index (κ2) is 4.78. The molecule has 5 nitrogen and oxygen atoms in total. The van der Waals surface area contributed by atoms with Crippen LogP contribution in [0.2, 0.25) is 0 Å². The fraction of sp³-hybridized carbons (Fsp3) is 0.385. The fourth-order valence-electron chi connectivity index (χ4n) is 1.81. The third-order valence-electron chi connectivity index (χ3n) is 3.24. The lowest BCUT2D eigenvalue weighted by Gasteiger charge is -2.35. The van der Waals surface area contributed by atoms with Gasteiger partial charge in [0.1, 0.15) is 0 Å². The molecule has 1 saturated heterocycles. The van der Waals surface area contributed by atoms with Crippen molar-refractivity contribution in [2.24, 2.45) is 5.41 Å². The molecule has 0 bridgehead atoms. The minimum Gasteiger partial charge on any atom is -0.480 e. The van der Waals surface area contributed by atoms with E-state index in [0.29, 0.717) is 6.54 Å². The van der Waals surface area contributed by atoms with Gasteiger partial charge in [0.25, 0.3) is 0 Å². The third-order valence-corrected chi connectivity index (χ3v) is 3.24. The molecule has 2 rings (SSSR count). The summed E-state index contributed by atoms with van der Waals surface area (Å²) in [6, 6.07) is 7.65. The number of aryl methyl sites for hydroxylation is 1. The monoisotopic (exact) mass is 249 g/mol. The van der Waals surface area contributed by atoms with Crippen molar-refractivity contribution in [3.63, 3.8) is 0 Å². The normalized spacial score (nSPS) is 16.7. The SMILES string of the molecule is Cc1ccccc1CNC(=O)C1(C(=O)O)COC1. The Morgan fingerprint density at radius 3 is 2.56 bits per heavy atom. The van der Waals surface area contributed by atoms with E-state index in [-0.39, 0.29) is 13.2 Å². The number of amides is 1. The van der Waals surface area contributed by atoms with E-state index in [4.69, 9.17) is 9.84 Å². The largest absolute Gasteiger partial charge is 0.480 e. The molecule has 5 heteroatoms. The highest BCUT2D eigenvalue weighted by Gasteiger charge is 2.53. The van der Waals surface area contributed by atoms with Gasteiger partial charge in [-0.2, -0.15) is 0 Å². The summed E-state index contributed by atoms with van der Waals surface area (Å²) in [7, 11) is 0. The number of carboxylic acid groups (broad SMARTS) is 1. The molecule has 1 aromatic carbocycles. The predicted molar refractivity (Wildman–Crippen MR) is 63.9 cm³/mol. The molecule has 0 aliphatic carbocycles. The minimum atomic E-state index is -1.40. The summed E-state index contributed by atoms with van der Waals surface area (Å²) in [5.41, 5.74) is 0.640. The molecule has 1 amide bonds. The molecule has 96 valence electrons. The fourth-order valence-corrected chi connectivity index (χ4v) is 1.81. The van der Waals surface area contributed by atoms with Crippen LogP contribution in [0.5, 0.6) is 0 Å². The topological polar surface area (TPSA) is 75.6 Å². The summed E-state index contributed by atoms with van der Waals surface area (Å²) in [5.74, 6) is -1.61. The average Bonchev–Trinajstić information content (AvgIpc) is 2.26. The minimum absolute atomic E-state index is 0.0536. The molecule has 18 heavy (non-hydrogen) atoms. The average molecular weight is 249 g/mol. The van der Waals surface area contributed by atoms with Crippen LogP contribution in [0.15, 0.2) is 24.3 Å². The number of carboxylic acids is 1. The highest BCUT2D eigenvalue weighted by molar-refractivity contribution is 6.03. The van der Waals surface area contributed by atoms with E-state index in [1.165, 1.54) is 0 Å². The van der Waals surface area contributed by atoms with Gasteiger partial charge in [0.15, 0.2) is 5.41 Å². The van der Waals surface area contributed by atoms with Crippen LogP contribution in [-0.4, -0.2) is 30.2 Å². The number of ether oxygens (including phenoxy) is 1. The van der Waals surface area contributed by atoms with Crippen LogP contribution in [-0.2, 0) is 20.9 Å². The van der Waals surface area contributed by atoms with Crippen LogP contribution in [0.3, 0.4) is 0 Å². The first-order chi connectivity index (χ1) is 8.56. The maximum atomic E-state index is 11.9. The summed E-state index contributed by atoms with van der Waals surface area (Å²) in [4.78, 5) is 23.0. The van der Waals surface area contributed by atoms with Crippen molar-refractivity contribution in [1.29, 1.82) is 0 Å². The van der Waals surface area contributed by atoms with Crippen LogP contribution < -0.4 is 5.32 Å². The van der Waals surface area contributed by atoms with Gasteiger partial charge in [-0.1, -0.05) is 24.3 Å². The quantitative estimate of drug-likeness (QED) is 0.771. The molecule has 0 saturated carbocycles. The summed E-state index contributed by atoms with van der Waals surface area (Å²) < 4.78 is 4.85. The molecule has 0 unspecified atom stereocenters. The van der Waals surface area contributed by atoms with Gasteiger partial charge in [-0.3, -0.25) is 9.59 Å². The Kier molecular flexibility index (Phi) is 3.34. The summed E-state index contributed by atoms with van der Waals surface area (Å²) in [6.45, 7) is 2.17. The van der Waals surface area contributed by atoms with Crippen molar-refractivity contribution in [3.05, 3.63) is 35.4 Å². The first-order valence-corrected chi connectivity index (χ1v) is 5.70. The smallest absolute Gasteiger partial charge is 0.324 e. The molecule has 1 heterocycles. The number of hydrogen-bond acceptors (Lipinski definition) is 3. The maximum absolute atomic E-state index is 11.9. The Balaban J connectivity index is 2.01. The molecular formula is C13H15NO4. The molecule has 1 aliphatic rings. The standard InChI is InChI=1S/C13H15NO4/c1-9-4-2-3-5-10(9)6-14-11(15)13(12(16)17)7-18-8-13/h2-5H,6-8H2,1H3,(H,14,15)(H,16,17). The van der Waals surface area contributed by atoms with Gasteiger partial charge in [-0.25, -0.2) is 0 Å². The maximum Gasteiger partial charge on any atom is 0.324 e. The molecular weight excluding hydrogens is 234 g/mol. The van der Waals surface area contributed by atoms with E-state index in [1.54, 1.807) is 0 Å². The van der Waals surface area contributed by atoms with Crippen molar-refractivity contribution < 1.29 is 19.4 Å². The van der Waals surface area contributed by atoms with E-state index in [1.807, 2.05) is 31.2 Å². The van der Waals surface area contributed by atoms with Crippen LogP contribution in [0.1, 0.15) is 11.1 Å². The van der Waals surface area contributed by atoms with E-state index >= 15 is 0 Å². The van der Waals surface area contributed by atoms with E-state index < -0.39 is 17.3 Å². The van der Waals surface area contributed by atoms with E-state index in [0.717, 1.165) is 11.1 Å².